The average Bonchev–Trinajstić information content (AvgIpc) is 1.85. The van der Waals surface area contributed by atoms with E-state index in [1.54, 1.807) is 0 Å². The molecule has 0 aromatic carbocycles. The molecule has 0 aromatic heterocycles. The van der Waals surface area contributed by atoms with E-state index in [0.717, 1.165) is 6.04 Å². The van der Waals surface area contributed by atoms with Gasteiger partial charge in [0, 0.05) is 23.1 Å². The molecule has 0 aromatic rings. The minimum Gasteiger partial charge on any atom is -0.308 e. The quantitative estimate of drug-likeness (QED) is 0.640. The Bertz CT molecular complexity index is 114. The highest BCUT2D eigenvalue weighted by molar-refractivity contribution is 8.76. The van der Waals surface area contributed by atoms with Crippen molar-refractivity contribution in [3.8, 4) is 0 Å². The molecule has 66 valence electrons. The van der Waals surface area contributed by atoms with Gasteiger partial charge in [-0.1, -0.05) is 21.6 Å². The van der Waals surface area contributed by atoms with Crippen LogP contribution < -0.4 is 5.32 Å². The van der Waals surface area contributed by atoms with E-state index in [2.05, 4.69) is 26.1 Å². The van der Waals surface area contributed by atoms with E-state index in [1.807, 2.05) is 21.6 Å². The first-order chi connectivity index (χ1) is 5.08. The van der Waals surface area contributed by atoms with Crippen molar-refractivity contribution in [2.75, 3.05) is 11.5 Å². The lowest BCUT2D eigenvalue weighted by atomic mass is 10.1. The molecule has 0 saturated carbocycles. The van der Waals surface area contributed by atoms with Gasteiger partial charge in [-0.3, -0.25) is 0 Å². The maximum Gasteiger partial charge on any atom is 0.0192 e. The molecule has 0 bridgehead atoms. The summed E-state index contributed by atoms with van der Waals surface area (Å²) in [6.07, 6.45) is 1.33. The van der Waals surface area contributed by atoms with Crippen LogP contribution in [0.15, 0.2) is 0 Å². The second kappa shape index (κ2) is 4.06. The first-order valence-electron chi connectivity index (χ1n) is 4.10. The minimum absolute atomic E-state index is 0.285. The van der Waals surface area contributed by atoms with E-state index in [9.17, 15) is 0 Å². The second-order valence-electron chi connectivity index (χ2n) is 3.99. The molecule has 3 heteroatoms. The fourth-order valence-corrected chi connectivity index (χ4v) is 3.62. The van der Waals surface area contributed by atoms with Gasteiger partial charge in [0.2, 0.25) is 0 Å². The zero-order chi connectivity index (χ0) is 8.32. The summed E-state index contributed by atoms with van der Waals surface area (Å²) in [5, 5.41) is 3.62. The zero-order valence-electron chi connectivity index (χ0n) is 7.52. The molecule has 1 aliphatic heterocycles. The third-order valence-electron chi connectivity index (χ3n) is 1.54. The van der Waals surface area contributed by atoms with Crippen molar-refractivity contribution in [1.29, 1.82) is 0 Å². The molecule has 1 fully saturated rings. The lowest BCUT2D eigenvalue weighted by Gasteiger charge is -2.30. The molecule has 0 aliphatic carbocycles. The van der Waals surface area contributed by atoms with Crippen LogP contribution in [-0.2, 0) is 0 Å². The molecule has 1 rings (SSSR count). The lowest BCUT2D eigenvalue weighted by Crippen LogP contribution is -2.45. The van der Waals surface area contributed by atoms with Gasteiger partial charge in [0.25, 0.3) is 0 Å². The van der Waals surface area contributed by atoms with Crippen molar-refractivity contribution < 1.29 is 0 Å². The van der Waals surface area contributed by atoms with Crippen molar-refractivity contribution in [2.45, 2.75) is 38.8 Å². The molecule has 11 heavy (non-hydrogen) atoms. The first kappa shape index (κ1) is 9.75. The predicted molar refractivity (Wildman–Crippen MR) is 56.2 cm³/mol. The van der Waals surface area contributed by atoms with Crippen molar-refractivity contribution in [1.82, 2.24) is 5.32 Å². The highest BCUT2D eigenvalue weighted by Gasteiger charge is 2.19. The van der Waals surface area contributed by atoms with Crippen LogP contribution in [0.25, 0.3) is 0 Å². The Morgan fingerprint density at radius 2 is 2.00 bits per heavy atom. The van der Waals surface area contributed by atoms with E-state index in [0.29, 0.717) is 0 Å². The first-order valence-corrected chi connectivity index (χ1v) is 6.59. The van der Waals surface area contributed by atoms with Crippen LogP contribution in [0.4, 0.5) is 0 Å². The Labute approximate surface area is 77.5 Å². The topological polar surface area (TPSA) is 12.0 Å². The molecule has 1 N–H and O–H groups in total. The van der Waals surface area contributed by atoms with Crippen LogP contribution >= 0.6 is 21.6 Å². The van der Waals surface area contributed by atoms with Crippen molar-refractivity contribution in [3.63, 3.8) is 0 Å². The van der Waals surface area contributed by atoms with Crippen LogP contribution in [0.2, 0.25) is 0 Å². The molecule has 1 atom stereocenters. The highest BCUT2D eigenvalue weighted by Crippen LogP contribution is 2.29. The van der Waals surface area contributed by atoms with Crippen LogP contribution in [0.3, 0.4) is 0 Å². The molecule has 1 aliphatic rings. The Morgan fingerprint density at radius 1 is 1.27 bits per heavy atom. The van der Waals surface area contributed by atoms with Crippen molar-refractivity contribution in [2.24, 2.45) is 0 Å². The maximum absolute atomic E-state index is 3.62. The largest absolute Gasteiger partial charge is 0.308 e. The van der Waals surface area contributed by atoms with Crippen LogP contribution in [0.5, 0.6) is 0 Å². The third-order valence-corrected chi connectivity index (χ3v) is 4.06. The molecular weight excluding hydrogens is 174 g/mol. The Balaban J connectivity index is 2.24. The van der Waals surface area contributed by atoms with Gasteiger partial charge < -0.3 is 5.32 Å². The van der Waals surface area contributed by atoms with Crippen LogP contribution in [0, 0.1) is 0 Å². The van der Waals surface area contributed by atoms with Crippen LogP contribution in [-0.4, -0.2) is 23.1 Å². The fraction of sp³-hybridized carbons (Fsp3) is 1.00. The summed E-state index contributed by atoms with van der Waals surface area (Å²) in [6, 6.07) is 0.737. The van der Waals surface area contributed by atoms with Gasteiger partial charge >= 0.3 is 0 Å². The number of rotatable bonds is 1. The van der Waals surface area contributed by atoms with E-state index in [-0.39, 0.29) is 5.54 Å². The maximum atomic E-state index is 3.62. The standard InChI is InChI=1S/C8H17NS2/c1-8(2,3)9-7-4-5-10-11-6-7/h7,9H,4-6H2,1-3H3. The summed E-state index contributed by atoms with van der Waals surface area (Å²) in [7, 11) is 4.00. The number of hydrogen-bond acceptors (Lipinski definition) is 3. The summed E-state index contributed by atoms with van der Waals surface area (Å²) < 4.78 is 0. The van der Waals surface area contributed by atoms with Gasteiger partial charge in [0.1, 0.15) is 0 Å². The molecular formula is C8H17NS2. The van der Waals surface area contributed by atoms with Crippen molar-refractivity contribution >= 4 is 21.6 Å². The molecule has 1 unspecified atom stereocenters. The Hall–Kier alpha value is 0.660. The number of hydrogen-bond donors (Lipinski definition) is 1. The summed E-state index contributed by atoms with van der Waals surface area (Å²) >= 11 is 0. The average molecular weight is 191 g/mol. The van der Waals surface area contributed by atoms with Gasteiger partial charge in [0.05, 0.1) is 0 Å². The molecule has 0 amide bonds. The molecule has 0 spiro atoms. The van der Waals surface area contributed by atoms with Gasteiger partial charge in [-0.2, -0.15) is 0 Å². The highest BCUT2D eigenvalue weighted by atomic mass is 33.1. The predicted octanol–water partition coefficient (Wildman–Crippen LogP) is 2.53. The van der Waals surface area contributed by atoms with Crippen molar-refractivity contribution in [3.05, 3.63) is 0 Å². The van der Waals surface area contributed by atoms with E-state index >= 15 is 0 Å². The minimum atomic E-state index is 0.285. The van der Waals surface area contributed by atoms with Gasteiger partial charge in [-0.05, 0) is 27.2 Å². The van der Waals surface area contributed by atoms with Gasteiger partial charge in [0.15, 0.2) is 0 Å². The second-order valence-corrected chi connectivity index (χ2v) is 6.61. The lowest BCUT2D eigenvalue weighted by molar-refractivity contribution is 0.371. The normalized spacial score (nSPS) is 27.0. The number of nitrogens with one attached hydrogen (secondary N) is 1. The Kier molecular flexibility index (Phi) is 3.59. The third kappa shape index (κ3) is 4.28. The summed E-state index contributed by atoms with van der Waals surface area (Å²) in [4.78, 5) is 0. The molecule has 1 saturated heterocycles. The zero-order valence-corrected chi connectivity index (χ0v) is 9.15. The summed E-state index contributed by atoms with van der Waals surface area (Å²) in [5.74, 6) is 2.57. The summed E-state index contributed by atoms with van der Waals surface area (Å²) in [5.41, 5.74) is 0.285. The Morgan fingerprint density at radius 3 is 2.45 bits per heavy atom. The smallest absolute Gasteiger partial charge is 0.0192 e. The van der Waals surface area contributed by atoms with Crippen LogP contribution in [0.1, 0.15) is 27.2 Å². The fourth-order valence-electron chi connectivity index (χ4n) is 1.19. The van der Waals surface area contributed by atoms with E-state index in [1.165, 1.54) is 17.9 Å². The molecule has 1 heterocycles. The summed E-state index contributed by atoms with van der Waals surface area (Å²) in [6.45, 7) is 6.71. The molecule has 0 radical (unpaired) electrons. The monoisotopic (exact) mass is 191 g/mol. The van der Waals surface area contributed by atoms with Gasteiger partial charge in [-0.15, -0.1) is 0 Å². The SMILES string of the molecule is CC(C)(C)NC1CCSSC1. The van der Waals surface area contributed by atoms with E-state index in [4.69, 9.17) is 0 Å². The van der Waals surface area contributed by atoms with E-state index < -0.39 is 0 Å². The van der Waals surface area contributed by atoms with Gasteiger partial charge in [-0.25, -0.2) is 0 Å². The molecule has 1 nitrogen and oxygen atoms in total.